The number of ether oxygens (including phenoxy) is 2. The topological polar surface area (TPSA) is 86.1 Å². The maximum Gasteiger partial charge on any atom is 0.235 e. The van der Waals surface area contributed by atoms with Crippen LogP contribution in [0.3, 0.4) is 0 Å². The van der Waals surface area contributed by atoms with Crippen molar-refractivity contribution in [2.45, 2.75) is 45.3 Å². The third-order valence-corrected chi connectivity index (χ3v) is 5.38. The van der Waals surface area contributed by atoms with Crippen molar-refractivity contribution in [3.63, 3.8) is 0 Å². The fraction of sp³-hybridized carbons (Fsp3) is 0.375. The molecule has 0 radical (unpaired) electrons. The molecule has 0 fully saturated rings. The molecule has 0 saturated heterocycles. The molecular weight excluding hydrogens is 404 g/mol. The normalized spacial score (nSPS) is 16.0. The molecule has 1 aliphatic rings. The number of aryl methyl sites for hydroxylation is 1. The molecule has 8 nitrogen and oxygen atoms in total. The fourth-order valence-electron chi connectivity index (χ4n) is 3.88. The van der Waals surface area contributed by atoms with Crippen molar-refractivity contribution < 1.29 is 9.47 Å². The molecule has 2 N–H and O–H groups in total. The first-order chi connectivity index (χ1) is 15.5. The molecule has 2 unspecified atom stereocenters. The molecule has 1 aliphatic heterocycles. The lowest BCUT2D eigenvalue weighted by Gasteiger charge is -2.34. The van der Waals surface area contributed by atoms with E-state index in [0.717, 1.165) is 30.2 Å². The first-order valence-electron chi connectivity index (χ1n) is 10.8. The Hall–Kier alpha value is -3.23. The number of hydrogen-bond acceptors (Lipinski definition) is 7. The van der Waals surface area contributed by atoms with Crippen LogP contribution in [0, 0.1) is 6.92 Å². The molecule has 0 saturated carbocycles. The summed E-state index contributed by atoms with van der Waals surface area (Å²) >= 11 is 0. The highest BCUT2D eigenvalue weighted by atomic mass is 16.7. The van der Waals surface area contributed by atoms with Crippen LogP contribution in [0.1, 0.15) is 43.3 Å². The third-order valence-electron chi connectivity index (χ3n) is 5.38. The summed E-state index contributed by atoms with van der Waals surface area (Å²) in [5, 5.41) is 7.36. The van der Waals surface area contributed by atoms with E-state index in [1.807, 2.05) is 29.8 Å². The minimum absolute atomic E-state index is 0.00887. The summed E-state index contributed by atoms with van der Waals surface area (Å²) in [6.07, 6.45) is 7.67. The Balaban J connectivity index is 1.49. The molecule has 1 aromatic carbocycles. The van der Waals surface area contributed by atoms with Crippen molar-refractivity contribution in [2.75, 3.05) is 13.3 Å². The van der Waals surface area contributed by atoms with Gasteiger partial charge in [0, 0.05) is 49.2 Å². The number of imidazole rings is 1. The molecule has 0 spiro atoms. The zero-order valence-corrected chi connectivity index (χ0v) is 18.8. The van der Waals surface area contributed by atoms with E-state index in [1.54, 1.807) is 18.8 Å². The van der Waals surface area contributed by atoms with Gasteiger partial charge in [-0.1, -0.05) is 30.3 Å². The van der Waals surface area contributed by atoms with Gasteiger partial charge in [-0.15, -0.1) is 0 Å². The summed E-state index contributed by atoms with van der Waals surface area (Å²) in [7, 11) is 0. The van der Waals surface area contributed by atoms with Crippen LogP contribution in [0.15, 0.2) is 67.1 Å². The molecule has 0 amide bonds. The Morgan fingerprint density at radius 3 is 2.78 bits per heavy atom. The summed E-state index contributed by atoms with van der Waals surface area (Å²) < 4.78 is 12.7. The lowest BCUT2D eigenvalue weighted by Crippen LogP contribution is -2.51. The van der Waals surface area contributed by atoms with E-state index in [1.165, 1.54) is 5.56 Å². The lowest BCUT2D eigenvalue weighted by atomic mass is 9.94. The molecule has 4 rings (SSSR count). The number of nitrogens with one attached hydrogen (secondary N) is 2. The van der Waals surface area contributed by atoms with E-state index >= 15 is 0 Å². The van der Waals surface area contributed by atoms with E-state index in [4.69, 9.17) is 14.5 Å². The zero-order valence-electron chi connectivity index (χ0n) is 18.8. The fourth-order valence-corrected chi connectivity index (χ4v) is 3.88. The van der Waals surface area contributed by atoms with Crippen LogP contribution < -0.4 is 10.6 Å². The maximum absolute atomic E-state index is 5.62. The van der Waals surface area contributed by atoms with Crippen LogP contribution >= 0.6 is 0 Å². The summed E-state index contributed by atoms with van der Waals surface area (Å²) in [4.78, 5) is 13.4. The van der Waals surface area contributed by atoms with Crippen LogP contribution in [-0.2, 0) is 16.0 Å². The van der Waals surface area contributed by atoms with E-state index in [-0.39, 0.29) is 18.4 Å². The molecule has 2 atom stereocenters. The van der Waals surface area contributed by atoms with E-state index in [9.17, 15) is 0 Å². The van der Waals surface area contributed by atoms with Gasteiger partial charge in [-0.25, -0.2) is 15.0 Å². The van der Waals surface area contributed by atoms with Gasteiger partial charge in [0.1, 0.15) is 18.3 Å². The second-order valence-electron chi connectivity index (χ2n) is 8.41. The van der Waals surface area contributed by atoms with Gasteiger partial charge in [-0.3, -0.25) is 4.57 Å². The molecule has 3 heterocycles. The summed E-state index contributed by atoms with van der Waals surface area (Å²) in [6.45, 7) is 8.10. The van der Waals surface area contributed by atoms with E-state index in [2.05, 4.69) is 58.7 Å². The van der Waals surface area contributed by atoms with Gasteiger partial charge in [0.2, 0.25) is 12.7 Å². The van der Waals surface area contributed by atoms with Gasteiger partial charge in [-0.2, -0.15) is 0 Å². The number of aromatic nitrogens is 4. The van der Waals surface area contributed by atoms with Crippen molar-refractivity contribution in [1.82, 2.24) is 30.2 Å². The monoisotopic (exact) mass is 434 g/mol. The van der Waals surface area contributed by atoms with Crippen LogP contribution in [0.5, 0.6) is 0 Å². The minimum atomic E-state index is -0.290. The van der Waals surface area contributed by atoms with Crippen LogP contribution in [0.2, 0.25) is 0 Å². The maximum atomic E-state index is 5.62. The van der Waals surface area contributed by atoms with Crippen LogP contribution in [0.25, 0.3) is 5.95 Å². The highest BCUT2D eigenvalue weighted by Gasteiger charge is 2.30. The number of rotatable bonds is 10. The number of hydrogen-bond donors (Lipinski definition) is 2. The highest BCUT2D eigenvalue weighted by Crippen LogP contribution is 2.24. The van der Waals surface area contributed by atoms with Crippen LogP contribution in [0.4, 0.5) is 0 Å². The predicted molar refractivity (Wildman–Crippen MR) is 122 cm³/mol. The van der Waals surface area contributed by atoms with E-state index < -0.39 is 0 Å². The standard InChI is InChI=1S/C24H30N6O2/c1-18-11-22(28-23(27-18)30-10-9-25-16-30)19(2)29-24(3,12-21-14-31-17-32-21)15-26-13-20-7-5-4-6-8-20/h4-11,14,16,19,26,29H,12-13,15,17H2,1-3H3. The van der Waals surface area contributed by atoms with Gasteiger partial charge in [0.15, 0.2) is 0 Å². The van der Waals surface area contributed by atoms with Crippen molar-refractivity contribution in [3.8, 4) is 5.95 Å². The van der Waals surface area contributed by atoms with Crippen molar-refractivity contribution in [2.24, 2.45) is 0 Å². The lowest BCUT2D eigenvalue weighted by molar-refractivity contribution is 0.0729. The second kappa shape index (κ2) is 9.93. The number of nitrogens with zero attached hydrogens (tertiary/aromatic N) is 4. The summed E-state index contributed by atoms with van der Waals surface area (Å²) in [5.74, 6) is 1.46. The Labute approximate surface area is 188 Å². The molecule has 2 aromatic heterocycles. The minimum Gasteiger partial charge on any atom is -0.462 e. The molecule has 168 valence electrons. The predicted octanol–water partition coefficient (Wildman–Crippen LogP) is 3.41. The van der Waals surface area contributed by atoms with Crippen molar-refractivity contribution >= 4 is 0 Å². The van der Waals surface area contributed by atoms with Gasteiger partial charge in [-0.05, 0) is 32.4 Å². The molecular formula is C24H30N6O2. The molecule has 0 bridgehead atoms. The van der Waals surface area contributed by atoms with Gasteiger partial charge in [0.25, 0.3) is 0 Å². The van der Waals surface area contributed by atoms with E-state index in [0.29, 0.717) is 12.4 Å². The zero-order chi connectivity index (χ0) is 22.4. The van der Waals surface area contributed by atoms with Crippen molar-refractivity contribution in [3.05, 3.63) is 84.1 Å². The van der Waals surface area contributed by atoms with Crippen LogP contribution in [-0.4, -0.2) is 38.4 Å². The molecule has 8 heteroatoms. The Morgan fingerprint density at radius 1 is 1.22 bits per heavy atom. The largest absolute Gasteiger partial charge is 0.462 e. The summed E-state index contributed by atoms with van der Waals surface area (Å²) in [6, 6.07) is 12.4. The Bertz CT molecular complexity index is 1040. The quantitative estimate of drug-likeness (QED) is 0.506. The first kappa shape index (κ1) is 22.0. The van der Waals surface area contributed by atoms with Gasteiger partial charge < -0.3 is 20.1 Å². The Morgan fingerprint density at radius 2 is 2.06 bits per heavy atom. The Kier molecular flexibility index (Phi) is 6.82. The van der Waals surface area contributed by atoms with Gasteiger partial charge in [0.05, 0.1) is 5.69 Å². The average molecular weight is 435 g/mol. The average Bonchev–Trinajstić information content (AvgIpc) is 3.48. The number of benzene rings is 1. The molecule has 0 aliphatic carbocycles. The third kappa shape index (κ3) is 5.72. The van der Waals surface area contributed by atoms with Gasteiger partial charge >= 0.3 is 0 Å². The molecule has 3 aromatic rings. The highest BCUT2D eigenvalue weighted by molar-refractivity contribution is 5.21. The molecule has 32 heavy (non-hydrogen) atoms. The second-order valence-corrected chi connectivity index (χ2v) is 8.41. The SMILES string of the molecule is Cc1cc(C(C)NC(C)(CNCc2ccccc2)CC2=COCO2)nc(-n2ccnc2)n1. The summed E-state index contributed by atoms with van der Waals surface area (Å²) in [5.41, 5.74) is 2.79. The first-order valence-corrected chi connectivity index (χ1v) is 10.8. The smallest absolute Gasteiger partial charge is 0.235 e. The van der Waals surface area contributed by atoms with Crippen molar-refractivity contribution in [1.29, 1.82) is 0 Å².